The van der Waals surface area contributed by atoms with Crippen LogP contribution in [-0.2, 0) is 6.54 Å². The van der Waals surface area contributed by atoms with Crippen LogP contribution in [0.2, 0.25) is 0 Å². The summed E-state index contributed by atoms with van der Waals surface area (Å²) >= 11 is 1.54. The van der Waals surface area contributed by atoms with Crippen LogP contribution < -0.4 is 10.6 Å². The van der Waals surface area contributed by atoms with E-state index in [9.17, 15) is 4.79 Å². The summed E-state index contributed by atoms with van der Waals surface area (Å²) in [5.41, 5.74) is 6.14. The number of carbonyl (C=O) groups is 1. The monoisotopic (exact) mass is 534 g/mol. The maximum absolute atomic E-state index is 13.3. The molecule has 2 atom stereocenters. The molecule has 1 saturated heterocycles. The van der Waals surface area contributed by atoms with Crippen molar-refractivity contribution in [3.05, 3.63) is 96.4 Å². The van der Waals surface area contributed by atoms with Crippen LogP contribution in [0.5, 0.6) is 0 Å². The van der Waals surface area contributed by atoms with E-state index in [0.717, 1.165) is 62.9 Å². The van der Waals surface area contributed by atoms with Crippen molar-refractivity contribution in [1.29, 1.82) is 0 Å². The number of amides is 1. The zero-order valence-corrected chi connectivity index (χ0v) is 22.8. The van der Waals surface area contributed by atoms with Gasteiger partial charge in [-0.05, 0) is 61.4 Å². The van der Waals surface area contributed by atoms with Gasteiger partial charge in [0.05, 0.1) is 5.69 Å². The Balaban J connectivity index is 1.23. The van der Waals surface area contributed by atoms with E-state index < -0.39 is 0 Å². The largest absolute Gasteiger partial charge is 0.321 e. The van der Waals surface area contributed by atoms with Crippen LogP contribution in [0.4, 0.5) is 5.69 Å². The number of pyridine rings is 2. The Labute approximate surface area is 232 Å². The Hall–Kier alpha value is -3.98. The van der Waals surface area contributed by atoms with Crippen LogP contribution in [0.3, 0.4) is 0 Å². The smallest absolute Gasteiger partial charge is 0.255 e. The Morgan fingerprint density at radius 1 is 1.00 bits per heavy atom. The highest BCUT2D eigenvalue weighted by atomic mass is 32.1. The topological polar surface area (TPSA) is 83.0 Å². The predicted molar refractivity (Wildman–Crippen MR) is 158 cm³/mol. The first-order chi connectivity index (χ1) is 19.0. The van der Waals surface area contributed by atoms with Gasteiger partial charge < -0.3 is 10.6 Å². The van der Waals surface area contributed by atoms with Gasteiger partial charge in [0.25, 0.3) is 5.91 Å². The number of piperazine rings is 1. The van der Waals surface area contributed by atoms with Crippen LogP contribution in [-0.4, -0.2) is 50.9 Å². The first-order valence-electron chi connectivity index (χ1n) is 13.2. The number of aromatic nitrogens is 3. The maximum atomic E-state index is 13.3. The third-order valence-corrected chi connectivity index (χ3v) is 7.88. The lowest BCUT2D eigenvalue weighted by Crippen LogP contribution is -2.53. The molecule has 0 aliphatic carbocycles. The van der Waals surface area contributed by atoms with Crippen molar-refractivity contribution >= 4 is 33.3 Å². The average Bonchev–Trinajstić information content (AvgIpc) is 3.37. The van der Waals surface area contributed by atoms with E-state index in [-0.39, 0.29) is 5.91 Å². The highest BCUT2D eigenvalue weighted by molar-refractivity contribution is 7.21. The van der Waals surface area contributed by atoms with Crippen LogP contribution in [0.15, 0.2) is 85.3 Å². The Morgan fingerprint density at radius 3 is 2.64 bits per heavy atom. The lowest BCUT2D eigenvalue weighted by atomic mass is 10.0. The zero-order chi connectivity index (χ0) is 26.8. The first-order valence-corrected chi connectivity index (χ1v) is 14.0. The number of nitrogens with zero attached hydrogens (tertiary/aromatic N) is 4. The molecule has 8 heteroatoms. The standard InChI is InChI=1S/C31H30N6OS/c1-20-17-37(18-21(2)34-20)19-22-13-28-31(33-15-22)39-30(36-28)26-10-3-4-11-27(26)35-29(38)24-8-5-7-23(14-24)25-9-6-12-32-16-25/h3-16,20-21,34H,17-19H2,1-2H3,(H,35,38)/t20-,21+. The van der Waals surface area contributed by atoms with E-state index in [1.165, 1.54) is 11.3 Å². The molecule has 4 heterocycles. The summed E-state index contributed by atoms with van der Waals surface area (Å²) in [6.07, 6.45) is 5.50. The number of fused-ring (bicyclic) bond motifs is 1. The molecule has 0 spiro atoms. The summed E-state index contributed by atoms with van der Waals surface area (Å²) < 4.78 is 0. The van der Waals surface area contributed by atoms with Crippen LogP contribution in [0.1, 0.15) is 29.8 Å². The molecule has 2 N–H and O–H groups in total. The van der Waals surface area contributed by atoms with Crippen molar-refractivity contribution < 1.29 is 4.79 Å². The predicted octanol–water partition coefficient (Wildman–Crippen LogP) is 5.85. The van der Waals surface area contributed by atoms with Gasteiger partial charge in [0.1, 0.15) is 15.4 Å². The van der Waals surface area contributed by atoms with Gasteiger partial charge in [0.2, 0.25) is 0 Å². The van der Waals surface area contributed by atoms with Crippen LogP contribution in [0.25, 0.3) is 32.0 Å². The number of hydrogen-bond donors (Lipinski definition) is 2. The van der Waals surface area contributed by atoms with Gasteiger partial charge in [0.15, 0.2) is 0 Å². The summed E-state index contributed by atoms with van der Waals surface area (Å²) in [6.45, 7) is 7.34. The highest BCUT2D eigenvalue weighted by Gasteiger charge is 2.21. The summed E-state index contributed by atoms with van der Waals surface area (Å²) in [4.78, 5) is 30.5. The van der Waals surface area contributed by atoms with Gasteiger partial charge in [-0.1, -0.05) is 41.7 Å². The minimum absolute atomic E-state index is 0.172. The van der Waals surface area contributed by atoms with E-state index in [0.29, 0.717) is 17.6 Å². The first kappa shape index (κ1) is 25.3. The number of nitrogens with one attached hydrogen (secondary N) is 2. The van der Waals surface area contributed by atoms with Gasteiger partial charge in [-0.25, -0.2) is 9.97 Å². The molecule has 0 radical (unpaired) electrons. The second-order valence-corrected chi connectivity index (χ2v) is 11.1. The van der Waals surface area contributed by atoms with Crippen LogP contribution in [0, 0.1) is 0 Å². The molecular formula is C31H30N6OS. The molecule has 2 aromatic carbocycles. The third kappa shape index (κ3) is 5.73. The Bertz CT molecular complexity index is 1610. The Kier molecular flexibility index (Phi) is 7.15. The number of carbonyl (C=O) groups excluding carboxylic acids is 1. The minimum Gasteiger partial charge on any atom is -0.321 e. The zero-order valence-electron chi connectivity index (χ0n) is 22.0. The normalized spacial score (nSPS) is 17.8. The minimum atomic E-state index is -0.172. The summed E-state index contributed by atoms with van der Waals surface area (Å²) in [6, 6.07) is 22.3. The molecule has 1 fully saturated rings. The molecule has 5 aromatic rings. The molecule has 196 valence electrons. The average molecular weight is 535 g/mol. The van der Waals surface area contributed by atoms with E-state index in [1.807, 2.05) is 66.9 Å². The molecule has 7 nitrogen and oxygen atoms in total. The van der Waals surface area contributed by atoms with E-state index in [4.69, 9.17) is 9.97 Å². The number of rotatable bonds is 6. The van der Waals surface area contributed by atoms with Crippen molar-refractivity contribution in [3.8, 4) is 21.7 Å². The molecule has 1 amide bonds. The fourth-order valence-corrected chi connectivity index (χ4v) is 6.17. The van der Waals surface area contributed by atoms with Crippen molar-refractivity contribution in [1.82, 2.24) is 25.2 Å². The molecular weight excluding hydrogens is 504 g/mol. The van der Waals surface area contributed by atoms with Crippen LogP contribution >= 0.6 is 11.3 Å². The van der Waals surface area contributed by atoms with Crippen molar-refractivity contribution in [3.63, 3.8) is 0 Å². The quantitative estimate of drug-likeness (QED) is 0.284. The molecule has 0 bridgehead atoms. The number of benzene rings is 2. The lowest BCUT2D eigenvalue weighted by molar-refractivity contribution is 0.102. The Morgan fingerprint density at radius 2 is 1.82 bits per heavy atom. The number of thiazole rings is 1. The van der Waals surface area contributed by atoms with Gasteiger partial charge in [0, 0.05) is 67.0 Å². The fraction of sp³-hybridized carbons (Fsp3) is 0.226. The highest BCUT2D eigenvalue weighted by Crippen LogP contribution is 2.34. The maximum Gasteiger partial charge on any atom is 0.255 e. The van der Waals surface area contributed by atoms with Gasteiger partial charge in [-0.15, -0.1) is 0 Å². The molecule has 0 saturated carbocycles. The summed E-state index contributed by atoms with van der Waals surface area (Å²) in [7, 11) is 0. The van der Waals surface area contributed by atoms with E-state index in [1.54, 1.807) is 12.4 Å². The molecule has 1 aliphatic heterocycles. The van der Waals surface area contributed by atoms with Crippen molar-refractivity contribution in [2.75, 3.05) is 18.4 Å². The van der Waals surface area contributed by atoms with Gasteiger partial charge >= 0.3 is 0 Å². The number of hydrogen-bond acceptors (Lipinski definition) is 7. The molecule has 6 rings (SSSR count). The van der Waals surface area contributed by atoms with Crippen molar-refractivity contribution in [2.24, 2.45) is 0 Å². The van der Waals surface area contributed by atoms with Gasteiger partial charge in [-0.3, -0.25) is 14.7 Å². The fourth-order valence-electron chi connectivity index (χ4n) is 5.24. The van der Waals surface area contributed by atoms with Crippen molar-refractivity contribution in [2.45, 2.75) is 32.5 Å². The molecule has 0 unspecified atom stereocenters. The lowest BCUT2D eigenvalue weighted by Gasteiger charge is -2.36. The molecule has 3 aromatic heterocycles. The summed E-state index contributed by atoms with van der Waals surface area (Å²) in [5, 5.41) is 7.52. The SMILES string of the molecule is C[C@@H]1CN(Cc2cnc3sc(-c4ccccc4NC(=O)c4cccc(-c5cccnc5)c4)nc3c2)C[C@H](C)N1. The second kappa shape index (κ2) is 11.0. The van der Waals surface area contributed by atoms with E-state index in [2.05, 4.69) is 40.4 Å². The molecule has 39 heavy (non-hydrogen) atoms. The number of para-hydroxylation sites is 1. The number of anilines is 1. The van der Waals surface area contributed by atoms with Gasteiger partial charge in [-0.2, -0.15) is 0 Å². The third-order valence-electron chi connectivity index (χ3n) is 6.87. The van der Waals surface area contributed by atoms with E-state index >= 15 is 0 Å². The molecule has 1 aliphatic rings. The second-order valence-electron chi connectivity index (χ2n) is 10.2. The summed E-state index contributed by atoms with van der Waals surface area (Å²) in [5.74, 6) is -0.172.